The normalized spacial score (nSPS) is 14.9. The number of aliphatic hydroxyl groups is 1. The molecule has 1 aliphatic rings. The van der Waals surface area contributed by atoms with Crippen LogP contribution in [-0.4, -0.2) is 10.9 Å². The Bertz CT molecular complexity index is 644. The van der Waals surface area contributed by atoms with Crippen molar-refractivity contribution in [2.24, 2.45) is 0 Å². The van der Waals surface area contributed by atoms with Gasteiger partial charge in [0.05, 0.1) is 11.7 Å². The van der Waals surface area contributed by atoms with E-state index in [-0.39, 0.29) is 5.78 Å². The molecule has 3 rings (SSSR count). The number of carbonyl (C=O) groups is 1. The van der Waals surface area contributed by atoms with E-state index in [9.17, 15) is 9.90 Å². The van der Waals surface area contributed by atoms with E-state index in [2.05, 4.69) is 0 Å². The first-order valence-corrected chi connectivity index (χ1v) is 6.24. The number of aliphatic hydroxyl groups excluding tert-OH is 1. The fourth-order valence-electron chi connectivity index (χ4n) is 2.28. The lowest BCUT2D eigenvalue weighted by Gasteiger charge is -2.10. The van der Waals surface area contributed by atoms with Gasteiger partial charge in [0.25, 0.3) is 0 Å². The van der Waals surface area contributed by atoms with Gasteiger partial charge in [-0.1, -0.05) is 30.3 Å². The van der Waals surface area contributed by atoms with Crippen LogP contribution >= 0.6 is 0 Å². The fourth-order valence-corrected chi connectivity index (χ4v) is 2.28. The molecule has 3 nitrogen and oxygen atoms in total. The van der Waals surface area contributed by atoms with Crippen LogP contribution in [0, 0.1) is 0 Å². The third-order valence-electron chi connectivity index (χ3n) is 3.38. The Morgan fingerprint density at radius 3 is 2.74 bits per heavy atom. The van der Waals surface area contributed by atoms with Crippen molar-refractivity contribution in [1.82, 2.24) is 0 Å². The lowest BCUT2D eigenvalue weighted by Crippen LogP contribution is -2.04. The van der Waals surface area contributed by atoms with Gasteiger partial charge in [0.2, 0.25) is 0 Å². The van der Waals surface area contributed by atoms with Crippen LogP contribution in [0.4, 0.5) is 0 Å². The maximum atomic E-state index is 12.5. The highest BCUT2D eigenvalue weighted by Crippen LogP contribution is 2.30. The maximum Gasteiger partial charge on any atom is 0.197 e. The van der Waals surface area contributed by atoms with Crippen molar-refractivity contribution >= 4 is 5.78 Å². The summed E-state index contributed by atoms with van der Waals surface area (Å²) >= 11 is 0. The number of ether oxygens (including phenoxy) is 1. The molecule has 0 saturated carbocycles. The van der Waals surface area contributed by atoms with Gasteiger partial charge in [-0.05, 0) is 24.6 Å². The predicted octanol–water partition coefficient (Wildman–Crippen LogP) is 2.86. The van der Waals surface area contributed by atoms with Gasteiger partial charge in [0.1, 0.15) is 12.4 Å². The first kappa shape index (κ1) is 11.9. The van der Waals surface area contributed by atoms with Gasteiger partial charge >= 0.3 is 0 Å². The number of hydrogen-bond donors (Lipinski definition) is 1. The van der Waals surface area contributed by atoms with Crippen LogP contribution in [0.3, 0.4) is 0 Å². The van der Waals surface area contributed by atoms with Crippen LogP contribution in [0.15, 0.2) is 42.5 Å². The van der Waals surface area contributed by atoms with E-state index in [1.807, 2.05) is 24.3 Å². The SMILES string of the molecule is CC(O)c1ccc2c(c1)C(=O)c1ccccc1CO2. The number of benzene rings is 2. The van der Waals surface area contributed by atoms with Gasteiger partial charge < -0.3 is 9.84 Å². The molecule has 0 aliphatic carbocycles. The molecule has 19 heavy (non-hydrogen) atoms. The molecule has 2 aromatic rings. The van der Waals surface area contributed by atoms with Crippen LogP contribution in [0.1, 0.15) is 40.1 Å². The Labute approximate surface area is 111 Å². The third kappa shape index (κ3) is 2.02. The minimum atomic E-state index is -0.600. The average Bonchev–Trinajstić information content (AvgIpc) is 2.57. The zero-order chi connectivity index (χ0) is 13.4. The molecular formula is C16H14O3. The molecule has 0 amide bonds. The molecular weight excluding hydrogens is 240 g/mol. The van der Waals surface area contributed by atoms with Crippen molar-refractivity contribution in [1.29, 1.82) is 0 Å². The summed E-state index contributed by atoms with van der Waals surface area (Å²) in [4.78, 5) is 12.5. The van der Waals surface area contributed by atoms with Crippen molar-refractivity contribution in [3.05, 3.63) is 64.7 Å². The molecule has 2 aromatic carbocycles. The molecule has 0 aromatic heterocycles. The van der Waals surface area contributed by atoms with Gasteiger partial charge in [-0.3, -0.25) is 4.79 Å². The molecule has 1 atom stereocenters. The summed E-state index contributed by atoms with van der Waals surface area (Å²) in [6, 6.07) is 12.7. The molecule has 0 bridgehead atoms. The summed E-state index contributed by atoms with van der Waals surface area (Å²) in [6.07, 6.45) is -0.600. The first-order valence-electron chi connectivity index (χ1n) is 6.24. The summed E-state index contributed by atoms with van der Waals surface area (Å²) in [6.45, 7) is 2.07. The second-order valence-electron chi connectivity index (χ2n) is 4.71. The number of ketones is 1. The Morgan fingerprint density at radius 1 is 1.16 bits per heavy atom. The number of rotatable bonds is 1. The number of fused-ring (bicyclic) bond motifs is 2. The third-order valence-corrected chi connectivity index (χ3v) is 3.38. The quantitative estimate of drug-likeness (QED) is 0.851. The maximum absolute atomic E-state index is 12.5. The van der Waals surface area contributed by atoms with E-state index in [0.717, 1.165) is 11.1 Å². The van der Waals surface area contributed by atoms with Crippen molar-refractivity contribution < 1.29 is 14.6 Å². The van der Waals surface area contributed by atoms with E-state index < -0.39 is 6.10 Å². The highest BCUT2D eigenvalue weighted by Gasteiger charge is 2.22. The lowest BCUT2D eigenvalue weighted by molar-refractivity contribution is 0.103. The second kappa shape index (κ2) is 4.52. The smallest absolute Gasteiger partial charge is 0.197 e. The molecule has 1 N–H and O–H groups in total. The minimum Gasteiger partial charge on any atom is -0.488 e. The second-order valence-corrected chi connectivity index (χ2v) is 4.71. The molecule has 0 radical (unpaired) electrons. The van der Waals surface area contributed by atoms with Crippen LogP contribution in [0.5, 0.6) is 5.75 Å². The summed E-state index contributed by atoms with van der Waals surface area (Å²) < 4.78 is 5.68. The van der Waals surface area contributed by atoms with Crippen LogP contribution in [0.2, 0.25) is 0 Å². The van der Waals surface area contributed by atoms with Gasteiger partial charge in [-0.25, -0.2) is 0 Å². The fraction of sp³-hybridized carbons (Fsp3) is 0.188. The summed E-state index contributed by atoms with van der Waals surface area (Å²) in [5.41, 5.74) is 2.80. The zero-order valence-corrected chi connectivity index (χ0v) is 10.6. The Morgan fingerprint density at radius 2 is 1.95 bits per heavy atom. The van der Waals surface area contributed by atoms with Gasteiger partial charge in [-0.15, -0.1) is 0 Å². The van der Waals surface area contributed by atoms with E-state index in [0.29, 0.717) is 23.5 Å². The molecule has 0 saturated heterocycles. The molecule has 1 aliphatic heterocycles. The van der Waals surface area contributed by atoms with E-state index in [1.54, 1.807) is 25.1 Å². The monoisotopic (exact) mass is 254 g/mol. The zero-order valence-electron chi connectivity index (χ0n) is 10.6. The van der Waals surface area contributed by atoms with E-state index in [4.69, 9.17) is 4.74 Å². The van der Waals surface area contributed by atoms with Crippen LogP contribution in [-0.2, 0) is 6.61 Å². The van der Waals surface area contributed by atoms with Crippen molar-refractivity contribution in [2.45, 2.75) is 19.6 Å². The molecule has 1 unspecified atom stereocenters. The highest BCUT2D eigenvalue weighted by atomic mass is 16.5. The first-order chi connectivity index (χ1) is 9.16. The summed E-state index contributed by atoms with van der Waals surface area (Å²) in [5.74, 6) is 0.524. The van der Waals surface area contributed by atoms with Gasteiger partial charge in [0, 0.05) is 11.1 Å². The molecule has 96 valence electrons. The molecule has 0 fully saturated rings. The Kier molecular flexibility index (Phi) is 2.84. The Hall–Kier alpha value is -2.13. The van der Waals surface area contributed by atoms with Crippen LogP contribution in [0.25, 0.3) is 0 Å². The number of hydrogen-bond acceptors (Lipinski definition) is 3. The standard InChI is InChI=1S/C16H14O3/c1-10(17)11-6-7-15-14(8-11)16(18)13-5-3-2-4-12(13)9-19-15/h2-8,10,17H,9H2,1H3. The van der Waals surface area contributed by atoms with Crippen molar-refractivity contribution in [2.75, 3.05) is 0 Å². The van der Waals surface area contributed by atoms with Crippen LogP contribution < -0.4 is 4.74 Å². The van der Waals surface area contributed by atoms with Gasteiger partial charge in [-0.2, -0.15) is 0 Å². The molecule has 3 heteroatoms. The van der Waals surface area contributed by atoms with Crippen molar-refractivity contribution in [3.63, 3.8) is 0 Å². The van der Waals surface area contributed by atoms with E-state index in [1.165, 1.54) is 0 Å². The largest absolute Gasteiger partial charge is 0.488 e. The highest BCUT2D eigenvalue weighted by molar-refractivity contribution is 6.12. The van der Waals surface area contributed by atoms with Gasteiger partial charge in [0.15, 0.2) is 5.78 Å². The van der Waals surface area contributed by atoms with E-state index >= 15 is 0 Å². The molecule has 1 heterocycles. The lowest BCUT2D eigenvalue weighted by atomic mass is 9.97. The van der Waals surface area contributed by atoms with Crippen molar-refractivity contribution in [3.8, 4) is 5.75 Å². The molecule has 0 spiro atoms. The predicted molar refractivity (Wildman–Crippen MR) is 71.3 cm³/mol. The Balaban J connectivity index is 2.16. The summed E-state index contributed by atoms with van der Waals surface area (Å²) in [5, 5.41) is 9.63. The summed E-state index contributed by atoms with van der Waals surface area (Å²) in [7, 11) is 0. The number of carbonyl (C=O) groups excluding carboxylic acids is 1. The topological polar surface area (TPSA) is 46.5 Å². The minimum absolute atomic E-state index is 0.0504. The average molecular weight is 254 g/mol.